The van der Waals surface area contributed by atoms with Crippen molar-refractivity contribution < 1.29 is 27.5 Å². The molecular weight excluding hydrogens is 383 g/mol. The van der Waals surface area contributed by atoms with Gasteiger partial charge in [-0.1, -0.05) is 22.7 Å². The molecule has 0 fully saturated rings. The average Bonchev–Trinajstić information content (AvgIpc) is 2.61. The van der Waals surface area contributed by atoms with E-state index in [0.717, 1.165) is 11.8 Å². The molecule has 2 rings (SSSR count). The summed E-state index contributed by atoms with van der Waals surface area (Å²) in [7, 11) is -3.99. The molecule has 0 saturated heterocycles. The molecule has 3 N–H and O–H groups in total. The van der Waals surface area contributed by atoms with Crippen LogP contribution in [0, 0.1) is 5.82 Å². The van der Waals surface area contributed by atoms with Crippen LogP contribution in [0.4, 0.5) is 4.39 Å². The van der Waals surface area contributed by atoms with E-state index in [1.807, 2.05) is 0 Å². The zero-order valence-corrected chi connectivity index (χ0v) is 15.2. The molecule has 0 spiro atoms. The molecule has 26 heavy (non-hydrogen) atoms. The quantitative estimate of drug-likeness (QED) is 0.491. The average molecular weight is 400 g/mol. The first-order valence-electron chi connectivity index (χ1n) is 7.41. The van der Waals surface area contributed by atoms with Crippen molar-refractivity contribution in [2.45, 2.75) is 9.79 Å². The zero-order chi connectivity index (χ0) is 19.2. The highest BCUT2D eigenvalue weighted by Crippen LogP contribution is 2.25. The molecule has 7 nitrogen and oxygen atoms in total. The van der Waals surface area contributed by atoms with Gasteiger partial charge >= 0.3 is 0 Å². The van der Waals surface area contributed by atoms with Crippen LogP contribution in [-0.2, 0) is 14.8 Å². The second-order valence-electron chi connectivity index (χ2n) is 5.06. The summed E-state index contributed by atoms with van der Waals surface area (Å²) in [6.07, 6.45) is 0. The summed E-state index contributed by atoms with van der Waals surface area (Å²) in [5.41, 5.74) is 4.92. The molecule has 0 unspecified atom stereocenters. The van der Waals surface area contributed by atoms with E-state index < -0.39 is 28.4 Å². The third kappa shape index (κ3) is 5.43. The number of hydroxylamine groups is 1. The van der Waals surface area contributed by atoms with Crippen molar-refractivity contribution in [3.63, 3.8) is 0 Å². The van der Waals surface area contributed by atoms with Gasteiger partial charge in [-0.2, -0.15) is 0 Å². The van der Waals surface area contributed by atoms with Crippen molar-refractivity contribution in [1.82, 2.24) is 4.47 Å². The molecule has 0 aromatic heterocycles. The lowest BCUT2D eigenvalue weighted by Crippen LogP contribution is -2.29. The Kier molecular flexibility index (Phi) is 6.98. The maximum absolute atomic E-state index is 13.9. The normalized spacial score (nSPS) is 11.5. The van der Waals surface area contributed by atoms with Gasteiger partial charge in [0.1, 0.15) is 0 Å². The minimum atomic E-state index is -3.99. The van der Waals surface area contributed by atoms with Crippen LogP contribution >= 0.6 is 11.8 Å². The number of rotatable bonds is 9. The van der Waals surface area contributed by atoms with Crippen LogP contribution in [0.2, 0.25) is 0 Å². The third-order valence-corrected chi connectivity index (χ3v) is 5.72. The van der Waals surface area contributed by atoms with Gasteiger partial charge in [0.2, 0.25) is 0 Å². The number of hydrogen-bond donors (Lipinski definition) is 2. The highest BCUT2D eigenvalue weighted by atomic mass is 32.2. The number of benzene rings is 2. The van der Waals surface area contributed by atoms with Gasteiger partial charge in [-0.05, 0) is 30.3 Å². The predicted molar refractivity (Wildman–Crippen MR) is 93.9 cm³/mol. The SMILES string of the molecule is NC(=O)COc1ccc(SCCN(O)S(=O)(=O)c2ccccc2)cc1F. The Morgan fingerprint density at radius 1 is 1.23 bits per heavy atom. The molecule has 0 bridgehead atoms. The Morgan fingerprint density at radius 2 is 1.92 bits per heavy atom. The summed E-state index contributed by atoms with van der Waals surface area (Å²) in [6.45, 7) is -0.607. The topological polar surface area (TPSA) is 110 Å². The molecule has 10 heteroatoms. The maximum atomic E-state index is 13.9. The van der Waals surface area contributed by atoms with Crippen LogP contribution in [0.1, 0.15) is 0 Å². The third-order valence-electron chi connectivity index (χ3n) is 3.14. The first-order chi connectivity index (χ1) is 12.3. The van der Waals surface area contributed by atoms with Crippen molar-refractivity contribution in [3.8, 4) is 5.75 Å². The summed E-state index contributed by atoms with van der Waals surface area (Å²) in [5.74, 6) is -1.30. The Morgan fingerprint density at radius 3 is 2.54 bits per heavy atom. The minimum absolute atomic E-state index is 0.0190. The molecular formula is C16H17FN2O5S2. The van der Waals surface area contributed by atoms with Crippen LogP contribution in [0.5, 0.6) is 5.75 Å². The van der Waals surface area contributed by atoms with E-state index in [2.05, 4.69) is 0 Å². The second kappa shape index (κ2) is 8.99. The van der Waals surface area contributed by atoms with E-state index in [1.54, 1.807) is 24.3 Å². The van der Waals surface area contributed by atoms with Gasteiger partial charge < -0.3 is 10.5 Å². The lowest BCUT2D eigenvalue weighted by molar-refractivity contribution is -0.120. The number of nitrogens with two attached hydrogens (primary N) is 1. The highest BCUT2D eigenvalue weighted by molar-refractivity contribution is 7.99. The lowest BCUT2D eigenvalue weighted by Gasteiger charge is -2.15. The second-order valence-corrected chi connectivity index (χ2v) is 8.07. The number of carbonyl (C=O) groups excluding carboxylic acids is 1. The molecule has 0 aliphatic carbocycles. The summed E-state index contributed by atoms with van der Waals surface area (Å²) in [4.78, 5) is 11.1. The van der Waals surface area contributed by atoms with Gasteiger partial charge in [-0.15, -0.1) is 11.8 Å². The van der Waals surface area contributed by atoms with E-state index in [-0.39, 0.29) is 27.4 Å². The van der Waals surface area contributed by atoms with Gasteiger partial charge in [0.25, 0.3) is 15.9 Å². The van der Waals surface area contributed by atoms with E-state index in [9.17, 15) is 22.8 Å². The molecule has 2 aromatic rings. The number of nitrogens with zero attached hydrogens (tertiary/aromatic N) is 1. The van der Waals surface area contributed by atoms with Crippen LogP contribution in [-0.4, -0.2) is 42.9 Å². The van der Waals surface area contributed by atoms with E-state index >= 15 is 0 Å². The summed E-state index contributed by atoms with van der Waals surface area (Å²) >= 11 is 1.15. The number of sulfonamides is 1. The molecule has 0 heterocycles. The lowest BCUT2D eigenvalue weighted by atomic mass is 10.3. The number of amides is 1. The first kappa shape index (κ1) is 20.2. The number of ether oxygens (including phenoxy) is 1. The fourth-order valence-electron chi connectivity index (χ4n) is 1.91. The number of primary amides is 1. The molecule has 0 aliphatic heterocycles. The van der Waals surface area contributed by atoms with E-state index in [1.165, 1.54) is 24.3 Å². The standard InChI is InChI=1S/C16H17FN2O5S2/c17-14-10-12(6-7-15(14)24-11-16(18)20)25-9-8-19(21)26(22,23)13-4-2-1-3-5-13/h1-7,10,21H,8-9,11H2,(H2,18,20). The minimum Gasteiger partial charge on any atom is -0.481 e. The highest BCUT2D eigenvalue weighted by Gasteiger charge is 2.22. The van der Waals surface area contributed by atoms with Crippen molar-refractivity contribution in [2.24, 2.45) is 5.73 Å². The van der Waals surface area contributed by atoms with E-state index in [4.69, 9.17) is 10.5 Å². The molecule has 140 valence electrons. The zero-order valence-electron chi connectivity index (χ0n) is 13.5. The van der Waals surface area contributed by atoms with Crippen molar-refractivity contribution in [2.75, 3.05) is 18.9 Å². The monoisotopic (exact) mass is 400 g/mol. The summed E-state index contributed by atoms with van der Waals surface area (Å²) in [6, 6.07) is 11.6. The maximum Gasteiger partial charge on any atom is 0.264 e. The Hall–Kier alpha value is -2.14. The molecule has 0 radical (unpaired) electrons. The Bertz CT molecular complexity index is 862. The fourth-order valence-corrected chi connectivity index (χ4v) is 3.96. The van der Waals surface area contributed by atoms with E-state index in [0.29, 0.717) is 4.90 Å². The fraction of sp³-hybridized carbons (Fsp3) is 0.188. The number of carbonyl (C=O) groups is 1. The van der Waals surface area contributed by atoms with Crippen molar-refractivity contribution in [1.29, 1.82) is 0 Å². The summed E-state index contributed by atoms with van der Waals surface area (Å²) < 4.78 is 43.3. The molecule has 0 saturated carbocycles. The molecule has 2 aromatic carbocycles. The number of thioether (sulfide) groups is 1. The van der Waals surface area contributed by atoms with Gasteiger partial charge in [-0.3, -0.25) is 10.0 Å². The van der Waals surface area contributed by atoms with Gasteiger partial charge in [-0.25, -0.2) is 12.8 Å². The van der Waals surface area contributed by atoms with Crippen molar-refractivity contribution in [3.05, 3.63) is 54.3 Å². The van der Waals surface area contributed by atoms with Crippen LogP contribution in [0.3, 0.4) is 0 Å². The summed E-state index contributed by atoms with van der Waals surface area (Å²) in [5, 5.41) is 9.82. The molecule has 1 amide bonds. The molecule has 0 aliphatic rings. The van der Waals surface area contributed by atoms with Gasteiger partial charge in [0, 0.05) is 10.6 Å². The van der Waals surface area contributed by atoms with Crippen LogP contribution in [0.25, 0.3) is 0 Å². The van der Waals surface area contributed by atoms with Crippen LogP contribution in [0.15, 0.2) is 58.3 Å². The predicted octanol–water partition coefficient (Wildman–Crippen LogP) is 1.86. The van der Waals surface area contributed by atoms with Gasteiger partial charge in [0.15, 0.2) is 18.2 Å². The number of hydrogen-bond acceptors (Lipinski definition) is 6. The first-order valence-corrected chi connectivity index (χ1v) is 9.83. The number of halogens is 1. The van der Waals surface area contributed by atoms with Gasteiger partial charge in [0.05, 0.1) is 11.4 Å². The Balaban J connectivity index is 1.91. The largest absolute Gasteiger partial charge is 0.481 e. The smallest absolute Gasteiger partial charge is 0.264 e. The van der Waals surface area contributed by atoms with Crippen molar-refractivity contribution >= 4 is 27.7 Å². The van der Waals surface area contributed by atoms with Crippen LogP contribution < -0.4 is 10.5 Å². The molecule has 0 atom stereocenters. The Labute approximate surface area is 154 Å².